The highest BCUT2D eigenvalue weighted by Gasteiger charge is 2.39. The molecule has 1 amide bonds. The number of pyridine rings is 1. The van der Waals surface area contributed by atoms with E-state index < -0.39 is 5.92 Å². The molecule has 13 nitrogen and oxygen atoms in total. The van der Waals surface area contributed by atoms with Crippen LogP contribution in [0.5, 0.6) is 0 Å². The number of allylic oxidation sites excluding steroid dienone is 3. The van der Waals surface area contributed by atoms with Crippen LogP contribution in [0.1, 0.15) is 95.2 Å². The van der Waals surface area contributed by atoms with Gasteiger partial charge >= 0.3 is 0 Å². The summed E-state index contributed by atoms with van der Waals surface area (Å²) in [5.41, 5.74) is 8.15. The Morgan fingerprint density at radius 1 is 1.00 bits per heavy atom. The number of likely N-dealkylation sites (tertiary alicyclic amines) is 1. The molecule has 1 atom stereocenters. The van der Waals surface area contributed by atoms with Crippen molar-refractivity contribution in [2.75, 3.05) is 72.9 Å². The van der Waals surface area contributed by atoms with Crippen LogP contribution in [0.25, 0.3) is 17.0 Å². The SMILES string of the molecule is C=C(CCC1=Cc2cc(Nc3nc(N4CCC5(CCN(CC6CCN(c7cc8c(cc7F)c(C7CCC(=C)NC7=O)nn8C)CC6)CC5)CC4)ncc3Cl)cnc2N(C(C)C)C1=C)NC. The molecule has 1 aromatic carbocycles. The van der Waals surface area contributed by atoms with Crippen molar-refractivity contribution in [3.63, 3.8) is 0 Å². The van der Waals surface area contributed by atoms with Crippen LogP contribution in [0.15, 0.2) is 73.0 Å². The maximum absolute atomic E-state index is 15.8. The number of amides is 1. The molecular weight excluding hydrogens is 839 g/mol. The van der Waals surface area contributed by atoms with Crippen molar-refractivity contribution < 1.29 is 9.18 Å². The summed E-state index contributed by atoms with van der Waals surface area (Å²) < 4.78 is 17.6. The smallest absolute Gasteiger partial charge is 0.233 e. The number of carbonyl (C=O) groups is 1. The van der Waals surface area contributed by atoms with Gasteiger partial charge in [0.2, 0.25) is 11.9 Å². The van der Waals surface area contributed by atoms with Gasteiger partial charge in [-0.3, -0.25) is 9.48 Å². The van der Waals surface area contributed by atoms with Gasteiger partial charge in [0.15, 0.2) is 5.82 Å². The molecule has 0 aliphatic carbocycles. The second kappa shape index (κ2) is 18.4. The van der Waals surface area contributed by atoms with Gasteiger partial charge in [0.1, 0.15) is 16.7 Å². The van der Waals surface area contributed by atoms with Crippen LogP contribution in [0.2, 0.25) is 5.02 Å². The first kappa shape index (κ1) is 44.7. The number of rotatable bonds is 12. The summed E-state index contributed by atoms with van der Waals surface area (Å²) in [5.74, 6) is 1.98. The number of halogens is 2. The Bertz CT molecular complexity index is 2520. The van der Waals surface area contributed by atoms with Gasteiger partial charge in [-0.05, 0) is 132 Å². The third-order valence-electron chi connectivity index (χ3n) is 14.8. The van der Waals surface area contributed by atoms with Crippen molar-refractivity contribution in [3.05, 3.63) is 95.1 Å². The Kier molecular flexibility index (Phi) is 12.7. The van der Waals surface area contributed by atoms with E-state index >= 15 is 4.39 Å². The third-order valence-corrected chi connectivity index (χ3v) is 15.1. The summed E-state index contributed by atoms with van der Waals surface area (Å²) in [6.45, 7) is 23.6. The van der Waals surface area contributed by atoms with Gasteiger partial charge in [0.05, 0.1) is 40.9 Å². The fourth-order valence-corrected chi connectivity index (χ4v) is 10.9. The average molecular weight is 904 g/mol. The predicted molar refractivity (Wildman–Crippen MR) is 261 cm³/mol. The molecule has 3 aromatic heterocycles. The lowest BCUT2D eigenvalue weighted by atomic mass is 9.71. The normalized spacial score (nSPS) is 20.7. The molecule has 4 fully saturated rings. The van der Waals surface area contributed by atoms with Crippen molar-refractivity contribution in [2.45, 2.75) is 90.0 Å². The molecule has 9 rings (SSSR count). The summed E-state index contributed by atoms with van der Waals surface area (Å²) in [6, 6.07) is 5.82. The molecule has 5 aliphatic rings. The minimum atomic E-state index is -0.402. The molecule has 0 bridgehead atoms. The Hall–Kier alpha value is -5.47. The number of carbonyl (C=O) groups excluding carboxylic acids is 1. The van der Waals surface area contributed by atoms with E-state index in [1.54, 1.807) is 16.9 Å². The molecule has 4 aromatic rings. The number of hydrogen-bond acceptors (Lipinski definition) is 11. The zero-order valence-corrected chi connectivity index (χ0v) is 39.3. The minimum Gasteiger partial charge on any atom is -0.392 e. The van der Waals surface area contributed by atoms with Crippen molar-refractivity contribution in [3.8, 4) is 0 Å². The van der Waals surface area contributed by atoms with E-state index in [9.17, 15) is 4.79 Å². The van der Waals surface area contributed by atoms with E-state index in [0.29, 0.717) is 57.7 Å². The van der Waals surface area contributed by atoms with Crippen LogP contribution in [0.4, 0.5) is 33.3 Å². The number of benzene rings is 1. The average Bonchev–Trinajstić information content (AvgIpc) is 3.61. The van der Waals surface area contributed by atoms with Crippen LogP contribution in [0.3, 0.4) is 0 Å². The molecule has 15 heteroatoms. The standard InChI is InChI=1S/C50H64ClFN12O/c1-31(2)64-34(5)36(10-8-32(3)53-6)24-37-25-38(28-54-47(37)64)57-46-41(51)29-55-49(58-46)63-22-16-50(17-23-63)14-20-61(21-15-50)30-35-12-18-62(19-13-35)44-27-43-40(26-42(44)52)45(59-60(43)7)39-11-9-33(4)56-48(39)65/h24-29,31,35,39,53H,3-5,8-23,30H2,1-2,6-7H3,(H,56,65)(H,55,57,58). The summed E-state index contributed by atoms with van der Waals surface area (Å²) in [6.07, 6.45) is 15.4. The second-order valence-electron chi connectivity index (χ2n) is 19.3. The highest BCUT2D eigenvalue weighted by molar-refractivity contribution is 6.32. The molecule has 1 unspecified atom stereocenters. The Morgan fingerprint density at radius 2 is 1.74 bits per heavy atom. The molecule has 4 saturated heterocycles. The van der Waals surface area contributed by atoms with E-state index in [2.05, 4.69) is 86.3 Å². The molecule has 65 heavy (non-hydrogen) atoms. The van der Waals surface area contributed by atoms with Gasteiger partial charge in [-0.1, -0.05) is 31.3 Å². The Morgan fingerprint density at radius 3 is 2.45 bits per heavy atom. The zero-order valence-electron chi connectivity index (χ0n) is 38.5. The van der Waals surface area contributed by atoms with E-state index in [4.69, 9.17) is 26.7 Å². The summed E-state index contributed by atoms with van der Waals surface area (Å²) in [7, 11) is 3.78. The number of aryl methyl sites for hydroxylation is 1. The minimum absolute atomic E-state index is 0.114. The number of nitrogens with zero attached hydrogens (tertiary/aromatic N) is 9. The largest absolute Gasteiger partial charge is 0.392 e. The van der Waals surface area contributed by atoms with Gasteiger partial charge in [0.25, 0.3) is 0 Å². The van der Waals surface area contributed by atoms with Gasteiger partial charge < -0.3 is 35.6 Å². The Labute approximate surface area is 387 Å². The lowest BCUT2D eigenvalue weighted by Gasteiger charge is -2.47. The van der Waals surface area contributed by atoms with Crippen LogP contribution in [-0.2, 0) is 11.8 Å². The number of piperidine rings is 4. The first-order valence-corrected chi connectivity index (χ1v) is 23.9. The van der Waals surface area contributed by atoms with E-state index in [1.165, 1.54) is 18.4 Å². The Balaban J connectivity index is 0.767. The van der Waals surface area contributed by atoms with E-state index in [-0.39, 0.29) is 17.8 Å². The first-order chi connectivity index (χ1) is 31.3. The van der Waals surface area contributed by atoms with E-state index in [1.807, 2.05) is 26.4 Å². The third kappa shape index (κ3) is 9.21. The highest BCUT2D eigenvalue weighted by atomic mass is 35.5. The summed E-state index contributed by atoms with van der Waals surface area (Å²) >= 11 is 6.71. The van der Waals surface area contributed by atoms with Crippen LogP contribution < -0.4 is 30.7 Å². The molecule has 0 saturated carbocycles. The topological polar surface area (TPSA) is 123 Å². The van der Waals surface area contributed by atoms with Crippen molar-refractivity contribution in [2.24, 2.45) is 18.4 Å². The fraction of sp³-hybridized carbons (Fsp3) is 0.500. The monoisotopic (exact) mass is 902 g/mol. The molecule has 344 valence electrons. The molecule has 5 aliphatic heterocycles. The molecular formula is C50H64ClFN12O. The number of aromatic nitrogens is 5. The first-order valence-electron chi connectivity index (χ1n) is 23.5. The molecule has 0 radical (unpaired) electrons. The van der Waals surface area contributed by atoms with Crippen molar-refractivity contribution >= 4 is 63.4 Å². The zero-order chi connectivity index (χ0) is 45.6. The predicted octanol–water partition coefficient (Wildman–Crippen LogP) is 9.04. The fourth-order valence-electron chi connectivity index (χ4n) is 10.8. The number of hydrogen-bond donors (Lipinski definition) is 3. The van der Waals surface area contributed by atoms with Gasteiger partial charge in [-0.15, -0.1) is 0 Å². The van der Waals surface area contributed by atoms with Crippen molar-refractivity contribution in [1.29, 1.82) is 0 Å². The molecule has 3 N–H and O–H groups in total. The van der Waals surface area contributed by atoms with Crippen LogP contribution in [0, 0.1) is 17.2 Å². The molecule has 8 heterocycles. The van der Waals surface area contributed by atoms with Gasteiger partial charge in [-0.25, -0.2) is 14.4 Å². The van der Waals surface area contributed by atoms with Crippen LogP contribution in [-0.4, -0.2) is 94.4 Å². The maximum atomic E-state index is 15.8. The lowest BCUT2D eigenvalue weighted by Crippen LogP contribution is -2.48. The quantitative estimate of drug-likeness (QED) is 0.126. The summed E-state index contributed by atoms with van der Waals surface area (Å²) in [4.78, 5) is 36.7. The number of fused-ring (bicyclic) bond motifs is 2. The maximum Gasteiger partial charge on any atom is 0.233 e. The molecule has 1 spiro atoms. The van der Waals surface area contributed by atoms with Crippen LogP contribution >= 0.6 is 11.6 Å². The highest BCUT2D eigenvalue weighted by Crippen LogP contribution is 2.43. The summed E-state index contributed by atoms with van der Waals surface area (Å²) in [5, 5.41) is 15.3. The van der Waals surface area contributed by atoms with E-state index in [0.717, 1.165) is 124 Å². The van der Waals surface area contributed by atoms with Gasteiger partial charge in [-0.2, -0.15) is 10.1 Å². The van der Waals surface area contributed by atoms with Gasteiger partial charge in [0, 0.05) is 80.9 Å². The second-order valence-corrected chi connectivity index (χ2v) is 19.7. The van der Waals surface area contributed by atoms with Crippen molar-refractivity contribution in [1.82, 2.24) is 40.3 Å². The number of anilines is 5. The lowest BCUT2D eigenvalue weighted by molar-refractivity contribution is -0.122. The number of nitrogens with one attached hydrogen (secondary N) is 3.